The highest BCUT2D eigenvalue weighted by molar-refractivity contribution is 7.99. The van der Waals surface area contributed by atoms with Gasteiger partial charge in [-0.2, -0.15) is 0 Å². The van der Waals surface area contributed by atoms with Gasteiger partial charge in [-0.15, -0.1) is 22.0 Å². The van der Waals surface area contributed by atoms with Crippen LogP contribution in [0.5, 0.6) is 0 Å². The first-order chi connectivity index (χ1) is 15.5. The molecule has 3 aromatic rings. The standard InChI is InChI=1S/C23H24N4O3S2/c1-15-7-9-17(10-8-15)27-14-16(13-20(27)28)22-25-26-23(32-22)24-21(29)18-5-3-4-6-19(18)31-12-11-30-2/h3-10,16H,11-14H2,1-2H3,(H,24,26,29). The molecule has 9 heteroatoms. The highest BCUT2D eigenvalue weighted by atomic mass is 32.2. The number of thioether (sulfide) groups is 1. The monoisotopic (exact) mass is 468 g/mol. The van der Waals surface area contributed by atoms with E-state index in [9.17, 15) is 9.59 Å². The molecule has 1 atom stereocenters. The highest BCUT2D eigenvalue weighted by Crippen LogP contribution is 2.34. The summed E-state index contributed by atoms with van der Waals surface area (Å²) in [5.41, 5.74) is 2.63. The Bertz CT molecular complexity index is 1100. The average Bonchev–Trinajstić information content (AvgIpc) is 3.41. The van der Waals surface area contributed by atoms with E-state index in [2.05, 4.69) is 15.5 Å². The maximum absolute atomic E-state index is 12.8. The molecule has 166 valence electrons. The lowest BCUT2D eigenvalue weighted by Crippen LogP contribution is -2.24. The summed E-state index contributed by atoms with van der Waals surface area (Å²) in [4.78, 5) is 28.1. The molecule has 1 aromatic heterocycles. The number of carbonyl (C=O) groups excluding carboxylic acids is 2. The number of amides is 2. The summed E-state index contributed by atoms with van der Waals surface area (Å²) < 4.78 is 5.09. The van der Waals surface area contributed by atoms with Crippen molar-refractivity contribution in [1.29, 1.82) is 0 Å². The first kappa shape index (κ1) is 22.4. The largest absolute Gasteiger partial charge is 0.384 e. The molecule has 0 radical (unpaired) electrons. The van der Waals surface area contributed by atoms with Crippen LogP contribution >= 0.6 is 23.1 Å². The quantitative estimate of drug-likeness (QED) is 0.391. The number of carbonyl (C=O) groups is 2. The minimum absolute atomic E-state index is 0.0381. The predicted molar refractivity (Wildman–Crippen MR) is 128 cm³/mol. The lowest BCUT2D eigenvalue weighted by Gasteiger charge is -2.16. The molecule has 1 aliphatic heterocycles. The molecule has 0 saturated carbocycles. The SMILES string of the molecule is COCCSc1ccccc1C(=O)Nc1nnc(C2CC(=O)N(c3ccc(C)cc3)C2)s1. The van der Waals surface area contributed by atoms with Gasteiger partial charge in [0.15, 0.2) is 0 Å². The number of nitrogens with zero attached hydrogens (tertiary/aromatic N) is 3. The first-order valence-electron chi connectivity index (χ1n) is 10.3. The molecule has 4 rings (SSSR count). The Morgan fingerprint density at radius 3 is 2.78 bits per heavy atom. The van der Waals surface area contributed by atoms with Crippen LogP contribution in [0.15, 0.2) is 53.4 Å². The van der Waals surface area contributed by atoms with Gasteiger partial charge in [-0.05, 0) is 31.2 Å². The molecule has 0 aliphatic carbocycles. The molecule has 32 heavy (non-hydrogen) atoms. The number of aryl methyl sites for hydroxylation is 1. The number of rotatable bonds is 8. The number of hydrogen-bond acceptors (Lipinski definition) is 7. The molecule has 0 spiro atoms. The summed E-state index contributed by atoms with van der Waals surface area (Å²) in [5.74, 6) is 0.569. The maximum Gasteiger partial charge on any atom is 0.258 e. The normalized spacial score (nSPS) is 15.9. The molecule has 1 saturated heterocycles. The van der Waals surface area contributed by atoms with Crippen LogP contribution in [0.4, 0.5) is 10.8 Å². The van der Waals surface area contributed by atoms with Crippen molar-refractivity contribution >= 4 is 45.7 Å². The van der Waals surface area contributed by atoms with Crippen molar-refractivity contribution in [3.05, 3.63) is 64.7 Å². The van der Waals surface area contributed by atoms with E-state index < -0.39 is 0 Å². The Morgan fingerprint density at radius 1 is 1.22 bits per heavy atom. The van der Waals surface area contributed by atoms with Crippen molar-refractivity contribution in [2.75, 3.05) is 36.2 Å². The third-order valence-electron chi connectivity index (χ3n) is 5.16. The van der Waals surface area contributed by atoms with E-state index >= 15 is 0 Å². The minimum Gasteiger partial charge on any atom is -0.384 e. The Kier molecular flexibility index (Phi) is 7.19. The van der Waals surface area contributed by atoms with Crippen LogP contribution in [0.1, 0.15) is 33.3 Å². The van der Waals surface area contributed by atoms with Crippen LogP contribution in [0.2, 0.25) is 0 Å². The van der Waals surface area contributed by atoms with Crippen molar-refractivity contribution in [3.8, 4) is 0 Å². The topological polar surface area (TPSA) is 84.4 Å². The fourth-order valence-electron chi connectivity index (χ4n) is 3.48. The number of aromatic nitrogens is 2. The van der Waals surface area contributed by atoms with E-state index in [1.807, 2.05) is 49.4 Å². The maximum atomic E-state index is 12.8. The number of methoxy groups -OCH3 is 1. The zero-order chi connectivity index (χ0) is 22.5. The van der Waals surface area contributed by atoms with E-state index in [0.29, 0.717) is 30.3 Å². The smallest absolute Gasteiger partial charge is 0.258 e. The number of benzene rings is 2. The second kappa shape index (κ2) is 10.2. The molecular weight excluding hydrogens is 444 g/mol. The molecule has 1 unspecified atom stereocenters. The van der Waals surface area contributed by atoms with E-state index in [4.69, 9.17) is 4.74 Å². The molecule has 2 amide bonds. The first-order valence-corrected chi connectivity index (χ1v) is 12.1. The molecule has 0 bridgehead atoms. The number of ether oxygens (including phenoxy) is 1. The Morgan fingerprint density at radius 2 is 2.00 bits per heavy atom. The number of nitrogens with one attached hydrogen (secondary N) is 1. The highest BCUT2D eigenvalue weighted by Gasteiger charge is 2.34. The summed E-state index contributed by atoms with van der Waals surface area (Å²) in [6.07, 6.45) is 0.384. The van der Waals surface area contributed by atoms with Gasteiger partial charge in [0.1, 0.15) is 5.01 Å². The van der Waals surface area contributed by atoms with E-state index in [-0.39, 0.29) is 17.7 Å². The van der Waals surface area contributed by atoms with Crippen LogP contribution in [-0.2, 0) is 9.53 Å². The van der Waals surface area contributed by atoms with Crippen molar-refractivity contribution in [3.63, 3.8) is 0 Å². The van der Waals surface area contributed by atoms with Crippen LogP contribution in [0.3, 0.4) is 0 Å². The third kappa shape index (κ3) is 5.17. The molecule has 2 aromatic carbocycles. The Balaban J connectivity index is 1.42. The van der Waals surface area contributed by atoms with Gasteiger partial charge in [0.05, 0.1) is 12.2 Å². The van der Waals surface area contributed by atoms with Crippen LogP contribution in [0, 0.1) is 6.92 Å². The zero-order valence-electron chi connectivity index (χ0n) is 17.9. The second-order valence-corrected chi connectivity index (χ2v) is 9.62. The van der Waals surface area contributed by atoms with Gasteiger partial charge in [0.2, 0.25) is 11.0 Å². The van der Waals surface area contributed by atoms with E-state index in [1.165, 1.54) is 11.3 Å². The fraction of sp³-hybridized carbons (Fsp3) is 0.304. The summed E-state index contributed by atoms with van der Waals surface area (Å²) in [5, 5.41) is 12.4. The molecule has 1 aliphatic rings. The number of anilines is 2. The van der Waals surface area contributed by atoms with Gasteiger partial charge in [-0.3, -0.25) is 14.9 Å². The molecule has 1 fully saturated rings. The summed E-state index contributed by atoms with van der Waals surface area (Å²) in [6.45, 7) is 3.19. The Hall–Kier alpha value is -2.75. The van der Waals surface area contributed by atoms with Crippen LogP contribution in [-0.4, -0.2) is 48.0 Å². The minimum atomic E-state index is -0.225. The third-order valence-corrected chi connectivity index (χ3v) is 7.20. The van der Waals surface area contributed by atoms with Gasteiger partial charge in [0.25, 0.3) is 5.91 Å². The molecule has 2 heterocycles. The number of hydrogen-bond donors (Lipinski definition) is 1. The van der Waals surface area contributed by atoms with Gasteiger partial charge in [-0.25, -0.2) is 0 Å². The molecular formula is C23H24N4O3S2. The van der Waals surface area contributed by atoms with Crippen molar-refractivity contribution in [2.24, 2.45) is 0 Å². The van der Waals surface area contributed by atoms with Crippen LogP contribution in [0.25, 0.3) is 0 Å². The van der Waals surface area contributed by atoms with E-state index in [0.717, 1.165) is 26.9 Å². The molecule has 1 N–H and O–H groups in total. The fourth-order valence-corrected chi connectivity index (χ4v) is 5.27. The van der Waals surface area contributed by atoms with Gasteiger partial charge >= 0.3 is 0 Å². The summed E-state index contributed by atoms with van der Waals surface area (Å²) >= 11 is 2.90. The average molecular weight is 469 g/mol. The van der Waals surface area contributed by atoms with Gasteiger partial charge in [0, 0.05) is 42.3 Å². The lowest BCUT2D eigenvalue weighted by atomic mass is 10.1. The lowest BCUT2D eigenvalue weighted by molar-refractivity contribution is -0.117. The van der Waals surface area contributed by atoms with Gasteiger partial charge in [-0.1, -0.05) is 41.2 Å². The van der Waals surface area contributed by atoms with E-state index in [1.54, 1.807) is 29.8 Å². The van der Waals surface area contributed by atoms with Gasteiger partial charge < -0.3 is 9.64 Å². The van der Waals surface area contributed by atoms with Crippen LogP contribution < -0.4 is 10.2 Å². The Labute approximate surface area is 195 Å². The zero-order valence-corrected chi connectivity index (χ0v) is 19.5. The molecule has 7 nitrogen and oxygen atoms in total. The summed E-state index contributed by atoms with van der Waals surface area (Å²) in [6, 6.07) is 15.4. The van der Waals surface area contributed by atoms with Crippen molar-refractivity contribution in [2.45, 2.75) is 24.2 Å². The predicted octanol–water partition coefficient (Wildman–Crippen LogP) is 4.36. The van der Waals surface area contributed by atoms with Crippen molar-refractivity contribution < 1.29 is 14.3 Å². The second-order valence-electron chi connectivity index (χ2n) is 7.48. The summed E-state index contributed by atoms with van der Waals surface area (Å²) in [7, 11) is 1.66. The van der Waals surface area contributed by atoms with Crippen molar-refractivity contribution in [1.82, 2.24) is 10.2 Å².